The van der Waals surface area contributed by atoms with Crippen LogP contribution in [0, 0.1) is 10.1 Å². The molecule has 2 aliphatic heterocycles. The van der Waals surface area contributed by atoms with Gasteiger partial charge in [-0.15, -0.1) is 0 Å². The van der Waals surface area contributed by atoms with Gasteiger partial charge in [0.15, 0.2) is 0 Å². The highest BCUT2D eigenvalue weighted by Crippen LogP contribution is 2.33. The summed E-state index contributed by atoms with van der Waals surface area (Å²) >= 11 is 1.85. The Hall–Kier alpha value is -2.29. The quantitative estimate of drug-likeness (QED) is 0.191. The number of hydrogen-bond acceptors (Lipinski definition) is 6. The van der Waals surface area contributed by atoms with E-state index in [9.17, 15) is 19.7 Å². The highest BCUT2D eigenvalue weighted by Gasteiger charge is 2.42. The molecule has 2 saturated heterocycles. The normalized spacial score (nSPS) is 24.3. The van der Waals surface area contributed by atoms with E-state index in [2.05, 4.69) is 10.6 Å². The molecule has 0 spiro atoms. The monoisotopic (exact) mass is 365 g/mol. The van der Waals surface area contributed by atoms with E-state index in [0.717, 1.165) is 18.6 Å². The van der Waals surface area contributed by atoms with Gasteiger partial charge in [-0.3, -0.25) is 14.9 Å². The van der Waals surface area contributed by atoms with Crippen molar-refractivity contribution in [3.8, 4) is 5.75 Å². The topological polar surface area (TPSA) is 111 Å². The summed E-state index contributed by atoms with van der Waals surface area (Å²) in [7, 11) is 0. The summed E-state index contributed by atoms with van der Waals surface area (Å²) in [5.41, 5.74) is -0.0411. The Kier molecular flexibility index (Phi) is 5.42. The molecule has 25 heavy (non-hydrogen) atoms. The molecule has 0 aliphatic carbocycles. The van der Waals surface area contributed by atoms with E-state index in [4.69, 9.17) is 4.74 Å². The zero-order valence-electron chi connectivity index (χ0n) is 13.5. The third-order valence-electron chi connectivity index (χ3n) is 4.34. The minimum absolute atomic E-state index is 0.0411. The van der Waals surface area contributed by atoms with Crippen molar-refractivity contribution in [2.24, 2.45) is 0 Å². The van der Waals surface area contributed by atoms with Gasteiger partial charge in [0, 0.05) is 29.6 Å². The summed E-state index contributed by atoms with van der Waals surface area (Å²) in [5, 5.41) is 16.8. The van der Waals surface area contributed by atoms with Crippen molar-refractivity contribution in [3.05, 3.63) is 34.4 Å². The molecular weight excluding hydrogens is 346 g/mol. The number of non-ortho nitro benzene ring substituents is 1. The zero-order valence-corrected chi connectivity index (χ0v) is 14.3. The summed E-state index contributed by atoms with van der Waals surface area (Å²) < 4.78 is 5.17. The standard InChI is InChI=1S/C16H19N3O5S/c20-14(24-11-7-5-10(6-8-11)19(22)23)4-2-1-3-13-15-12(9-25-13)17-16(21)18-15/h5-8,12-13,15H,1-4,9H2,(H2,17,18,21)/t12-,13-,15-/m0/s1. The molecule has 2 heterocycles. The van der Waals surface area contributed by atoms with Crippen molar-refractivity contribution in [2.45, 2.75) is 43.0 Å². The number of nitrogens with zero attached hydrogens (tertiary/aromatic N) is 1. The first kappa shape index (κ1) is 17.5. The van der Waals surface area contributed by atoms with Crippen LogP contribution in [0.25, 0.3) is 0 Å². The maximum absolute atomic E-state index is 11.8. The number of nitro groups is 1. The SMILES string of the molecule is O=C1N[C@H]2[C@H](CS[C@H]2CCCCC(=O)Oc2ccc([N+](=O)[O-])cc2)N1. The van der Waals surface area contributed by atoms with Gasteiger partial charge < -0.3 is 15.4 Å². The maximum Gasteiger partial charge on any atom is 0.315 e. The van der Waals surface area contributed by atoms with Crippen LogP contribution in [0.3, 0.4) is 0 Å². The van der Waals surface area contributed by atoms with Crippen LogP contribution in [0.15, 0.2) is 24.3 Å². The predicted octanol–water partition coefficient (Wildman–Crippen LogP) is 2.23. The fraction of sp³-hybridized carbons (Fsp3) is 0.500. The number of nitrogens with one attached hydrogen (secondary N) is 2. The fourth-order valence-electron chi connectivity index (χ4n) is 3.08. The van der Waals surface area contributed by atoms with Crippen molar-refractivity contribution in [1.29, 1.82) is 0 Å². The van der Waals surface area contributed by atoms with Gasteiger partial charge in [0.1, 0.15) is 5.75 Å². The molecule has 3 rings (SSSR count). The third kappa shape index (κ3) is 4.41. The lowest BCUT2D eigenvalue weighted by atomic mass is 10.0. The van der Waals surface area contributed by atoms with Gasteiger partial charge in [-0.2, -0.15) is 11.8 Å². The summed E-state index contributed by atoms with van der Waals surface area (Å²) in [6, 6.07) is 5.76. The summed E-state index contributed by atoms with van der Waals surface area (Å²) in [5.74, 6) is 0.891. The number of fused-ring (bicyclic) bond motifs is 1. The van der Waals surface area contributed by atoms with Gasteiger partial charge in [-0.1, -0.05) is 6.42 Å². The van der Waals surface area contributed by atoms with Crippen LogP contribution < -0.4 is 15.4 Å². The Morgan fingerprint density at radius 1 is 1.28 bits per heavy atom. The highest BCUT2D eigenvalue weighted by molar-refractivity contribution is 8.00. The Morgan fingerprint density at radius 2 is 2.04 bits per heavy atom. The van der Waals surface area contributed by atoms with Crippen LogP contribution in [0.1, 0.15) is 25.7 Å². The van der Waals surface area contributed by atoms with Gasteiger partial charge >= 0.3 is 12.0 Å². The molecule has 1 aromatic rings. The van der Waals surface area contributed by atoms with Crippen molar-refractivity contribution >= 4 is 29.4 Å². The van der Waals surface area contributed by atoms with E-state index in [1.807, 2.05) is 11.8 Å². The number of amides is 2. The minimum Gasteiger partial charge on any atom is -0.427 e. The van der Waals surface area contributed by atoms with E-state index >= 15 is 0 Å². The molecule has 2 amide bonds. The van der Waals surface area contributed by atoms with Crippen LogP contribution in [0.2, 0.25) is 0 Å². The molecule has 0 saturated carbocycles. The third-order valence-corrected chi connectivity index (χ3v) is 5.85. The zero-order chi connectivity index (χ0) is 17.8. The lowest BCUT2D eigenvalue weighted by Gasteiger charge is -2.16. The van der Waals surface area contributed by atoms with E-state index in [1.54, 1.807) is 0 Å². The summed E-state index contributed by atoms with van der Waals surface area (Å²) in [4.78, 5) is 33.2. The number of thioether (sulfide) groups is 1. The Morgan fingerprint density at radius 3 is 2.76 bits per heavy atom. The van der Waals surface area contributed by atoms with E-state index in [-0.39, 0.29) is 29.8 Å². The van der Waals surface area contributed by atoms with Crippen LogP contribution in [-0.2, 0) is 4.79 Å². The molecule has 9 heteroatoms. The molecule has 0 radical (unpaired) electrons. The van der Waals surface area contributed by atoms with Crippen LogP contribution in [0.5, 0.6) is 5.75 Å². The van der Waals surface area contributed by atoms with Crippen LogP contribution in [0.4, 0.5) is 10.5 Å². The van der Waals surface area contributed by atoms with Crippen LogP contribution >= 0.6 is 11.8 Å². The number of esters is 1. The van der Waals surface area contributed by atoms with Crippen LogP contribution in [-0.4, -0.2) is 40.0 Å². The van der Waals surface area contributed by atoms with Crippen molar-refractivity contribution in [1.82, 2.24) is 10.6 Å². The van der Waals surface area contributed by atoms with Gasteiger partial charge in [-0.25, -0.2) is 4.79 Å². The summed E-state index contributed by atoms with van der Waals surface area (Å²) in [6.07, 6.45) is 2.83. The van der Waals surface area contributed by atoms with Crippen molar-refractivity contribution in [3.63, 3.8) is 0 Å². The second kappa shape index (κ2) is 7.73. The highest BCUT2D eigenvalue weighted by atomic mass is 32.2. The maximum atomic E-state index is 11.8. The second-order valence-corrected chi connectivity index (χ2v) is 7.36. The van der Waals surface area contributed by atoms with Gasteiger partial charge in [0.05, 0.1) is 17.0 Å². The lowest BCUT2D eigenvalue weighted by molar-refractivity contribution is -0.384. The van der Waals surface area contributed by atoms with Gasteiger partial charge in [0.2, 0.25) is 0 Å². The number of rotatable bonds is 7. The molecule has 0 bridgehead atoms. The second-order valence-electron chi connectivity index (χ2n) is 6.09. The van der Waals surface area contributed by atoms with Gasteiger partial charge in [-0.05, 0) is 25.0 Å². The molecule has 1 aromatic carbocycles. The molecule has 2 N–H and O–H groups in total. The largest absolute Gasteiger partial charge is 0.427 e. The molecule has 2 aliphatic rings. The number of unbranched alkanes of at least 4 members (excludes halogenated alkanes) is 1. The van der Waals surface area contributed by atoms with Crippen molar-refractivity contribution < 1.29 is 19.2 Å². The minimum atomic E-state index is -0.501. The number of ether oxygens (including phenoxy) is 1. The van der Waals surface area contributed by atoms with Gasteiger partial charge in [0.25, 0.3) is 5.69 Å². The molecule has 3 atom stereocenters. The number of carbonyl (C=O) groups excluding carboxylic acids is 2. The first-order valence-electron chi connectivity index (χ1n) is 8.17. The molecular formula is C16H19N3O5S. The fourth-order valence-corrected chi connectivity index (χ4v) is 4.62. The number of urea groups is 1. The Bertz CT molecular complexity index is 666. The smallest absolute Gasteiger partial charge is 0.315 e. The average molecular weight is 365 g/mol. The van der Waals surface area contributed by atoms with E-state index in [1.165, 1.54) is 24.3 Å². The first-order chi connectivity index (χ1) is 12.0. The number of benzene rings is 1. The number of carbonyl (C=O) groups is 2. The number of nitro benzene ring substituents is 1. The Labute approximate surface area is 148 Å². The summed E-state index contributed by atoms with van der Waals surface area (Å²) in [6.45, 7) is 0. The Balaban J connectivity index is 1.35. The van der Waals surface area contributed by atoms with E-state index < -0.39 is 4.92 Å². The average Bonchev–Trinajstić information content (AvgIpc) is 3.11. The molecule has 0 unspecified atom stereocenters. The number of hydrogen-bond donors (Lipinski definition) is 2. The molecule has 134 valence electrons. The lowest BCUT2D eigenvalue weighted by Crippen LogP contribution is -2.36. The van der Waals surface area contributed by atoms with Crippen molar-refractivity contribution in [2.75, 3.05) is 5.75 Å². The molecule has 2 fully saturated rings. The molecule has 0 aromatic heterocycles. The predicted molar refractivity (Wildman–Crippen MR) is 92.7 cm³/mol. The first-order valence-corrected chi connectivity index (χ1v) is 9.21. The molecule has 8 nitrogen and oxygen atoms in total. The van der Waals surface area contributed by atoms with E-state index in [0.29, 0.717) is 23.8 Å².